The second-order valence-corrected chi connectivity index (χ2v) is 8.90. The van der Waals surface area contributed by atoms with Gasteiger partial charge in [-0.15, -0.1) is 0 Å². The number of alkyl carbamates (subject to hydrolysis) is 1. The van der Waals surface area contributed by atoms with E-state index in [-0.39, 0.29) is 37.0 Å². The van der Waals surface area contributed by atoms with Gasteiger partial charge in [-0.3, -0.25) is 14.5 Å². The molecule has 9 nitrogen and oxygen atoms in total. The van der Waals surface area contributed by atoms with Crippen molar-refractivity contribution >= 4 is 23.9 Å². The zero-order chi connectivity index (χ0) is 24.8. The van der Waals surface area contributed by atoms with Crippen LogP contribution in [0.3, 0.4) is 0 Å². The van der Waals surface area contributed by atoms with Gasteiger partial charge < -0.3 is 19.5 Å². The Morgan fingerprint density at radius 2 is 1.76 bits per heavy atom. The molecule has 1 atom stereocenters. The first-order valence-corrected chi connectivity index (χ1v) is 10.9. The van der Waals surface area contributed by atoms with Crippen LogP contribution in [0.1, 0.15) is 47.1 Å². The first kappa shape index (κ1) is 25.9. The third-order valence-corrected chi connectivity index (χ3v) is 4.65. The van der Waals surface area contributed by atoms with E-state index in [1.54, 1.807) is 41.5 Å². The Hall–Kier alpha value is -3.36. The van der Waals surface area contributed by atoms with Crippen LogP contribution in [-0.4, -0.2) is 53.6 Å². The summed E-state index contributed by atoms with van der Waals surface area (Å²) < 4.78 is 16.0. The van der Waals surface area contributed by atoms with E-state index in [0.29, 0.717) is 0 Å². The van der Waals surface area contributed by atoms with E-state index < -0.39 is 35.5 Å². The third kappa shape index (κ3) is 7.06. The maximum absolute atomic E-state index is 13.2. The van der Waals surface area contributed by atoms with Gasteiger partial charge in [-0.05, 0) is 39.2 Å². The van der Waals surface area contributed by atoms with Gasteiger partial charge in [0.15, 0.2) is 5.76 Å². The zero-order valence-corrected chi connectivity index (χ0v) is 20.0. The van der Waals surface area contributed by atoms with Crippen LogP contribution in [0.15, 0.2) is 41.7 Å². The van der Waals surface area contributed by atoms with E-state index in [9.17, 15) is 19.2 Å². The Kier molecular flexibility index (Phi) is 8.62. The van der Waals surface area contributed by atoms with E-state index in [1.807, 2.05) is 30.3 Å². The molecule has 1 aliphatic heterocycles. The number of rotatable bonds is 8. The molecule has 1 aromatic carbocycles. The average Bonchev–Trinajstić information content (AvgIpc) is 3.06. The van der Waals surface area contributed by atoms with Gasteiger partial charge in [0, 0.05) is 0 Å². The van der Waals surface area contributed by atoms with E-state index in [1.165, 1.54) is 0 Å². The molecule has 0 saturated carbocycles. The SMILES string of the molecule is CCOC(=O)C1=C(OCc2ccccc2)C(=O)N(C(=O)C(NC(=O)OC(C)(C)C)C(C)C)C1. The van der Waals surface area contributed by atoms with Crippen LogP contribution in [0, 0.1) is 5.92 Å². The van der Waals surface area contributed by atoms with Crippen LogP contribution in [0.25, 0.3) is 0 Å². The molecule has 0 fully saturated rings. The minimum Gasteiger partial charge on any atom is -0.483 e. The molecule has 0 aliphatic carbocycles. The monoisotopic (exact) mass is 460 g/mol. The summed E-state index contributed by atoms with van der Waals surface area (Å²) in [6.45, 7) is 10.0. The molecule has 3 amide bonds. The predicted octanol–water partition coefficient (Wildman–Crippen LogP) is 2.94. The number of amides is 3. The number of carbonyl (C=O) groups excluding carboxylic acids is 4. The highest BCUT2D eigenvalue weighted by molar-refractivity contribution is 6.13. The van der Waals surface area contributed by atoms with E-state index in [2.05, 4.69) is 5.32 Å². The summed E-state index contributed by atoms with van der Waals surface area (Å²) in [7, 11) is 0. The Morgan fingerprint density at radius 3 is 2.30 bits per heavy atom. The lowest BCUT2D eigenvalue weighted by atomic mass is 10.0. The van der Waals surface area contributed by atoms with E-state index in [0.717, 1.165) is 10.5 Å². The number of hydrogen-bond donors (Lipinski definition) is 1. The van der Waals surface area contributed by atoms with Crippen molar-refractivity contribution < 1.29 is 33.4 Å². The highest BCUT2D eigenvalue weighted by atomic mass is 16.6. The first-order chi connectivity index (χ1) is 15.4. The molecule has 2 rings (SSSR count). The Morgan fingerprint density at radius 1 is 1.12 bits per heavy atom. The van der Waals surface area contributed by atoms with Gasteiger partial charge in [-0.1, -0.05) is 44.2 Å². The largest absolute Gasteiger partial charge is 0.483 e. The molecule has 0 radical (unpaired) electrons. The van der Waals surface area contributed by atoms with Crippen molar-refractivity contribution in [2.24, 2.45) is 5.92 Å². The topological polar surface area (TPSA) is 111 Å². The number of imide groups is 1. The molecule has 0 spiro atoms. The molecule has 1 unspecified atom stereocenters. The molecule has 1 heterocycles. The minimum absolute atomic E-state index is 0.0362. The van der Waals surface area contributed by atoms with Crippen LogP contribution < -0.4 is 5.32 Å². The van der Waals surface area contributed by atoms with Crippen LogP contribution in [0.2, 0.25) is 0 Å². The standard InChI is InChI=1S/C24H32N2O7/c1-7-31-22(29)17-13-26(21(28)19(17)32-14-16-11-9-8-10-12-16)20(27)18(15(2)3)25-23(30)33-24(4,5)6/h8-12,15,18H,7,13-14H2,1-6H3,(H,25,30). The fourth-order valence-electron chi connectivity index (χ4n) is 3.10. The third-order valence-electron chi connectivity index (χ3n) is 4.65. The van der Waals surface area contributed by atoms with Crippen LogP contribution >= 0.6 is 0 Å². The van der Waals surface area contributed by atoms with Gasteiger partial charge in [-0.25, -0.2) is 9.59 Å². The second-order valence-electron chi connectivity index (χ2n) is 8.90. The zero-order valence-electron chi connectivity index (χ0n) is 20.0. The fraction of sp³-hybridized carbons (Fsp3) is 0.500. The molecular weight excluding hydrogens is 428 g/mol. The van der Waals surface area contributed by atoms with Crippen LogP contribution in [0.4, 0.5) is 4.79 Å². The number of nitrogens with zero attached hydrogens (tertiary/aromatic N) is 1. The Balaban J connectivity index is 2.23. The molecule has 1 aromatic rings. The molecule has 180 valence electrons. The smallest absolute Gasteiger partial charge is 0.408 e. The summed E-state index contributed by atoms with van der Waals surface area (Å²) in [5.74, 6) is -2.73. The number of benzene rings is 1. The summed E-state index contributed by atoms with van der Waals surface area (Å²) in [5.41, 5.74) is -0.00166. The summed E-state index contributed by atoms with van der Waals surface area (Å²) in [6.07, 6.45) is -0.777. The van der Waals surface area contributed by atoms with Crippen molar-refractivity contribution in [2.75, 3.05) is 13.2 Å². The van der Waals surface area contributed by atoms with Gasteiger partial charge in [0.05, 0.1) is 13.2 Å². The van der Waals surface area contributed by atoms with Crippen LogP contribution in [0.5, 0.6) is 0 Å². The molecule has 0 bridgehead atoms. The quantitative estimate of drug-likeness (QED) is 0.594. The van der Waals surface area contributed by atoms with E-state index >= 15 is 0 Å². The predicted molar refractivity (Wildman–Crippen MR) is 120 cm³/mol. The summed E-state index contributed by atoms with van der Waals surface area (Å²) >= 11 is 0. The lowest BCUT2D eigenvalue weighted by Crippen LogP contribution is -2.53. The van der Waals surface area contributed by atoms with Crippen molar-refractivity contribution in [2.45, 2.75) is 59.8 Å². The van der Waals surface area contributed by atoms with Crippen molar-refractivity contribution in [1.82, 2.24) is 10.2 Å². The highest BCUT2D eigenvalue weighted by Gasteiger charge is 2.43. The Labute approximate surface area is 194 Å². The normalized spacial score (nSPS) is 14.9. The van der Waals surface area contributed by atoms with Gasteiger partial charge >= 0.3 is 12.1 Å². The number of esters is 1. The fourth-order valence-corrected chi connectivity index (χ4v) is 3.10. The second kappa shape index (κ2) is 11.0. The molecule has 0 saturated heterocycles. The maximum Gasteiger partial charge on any atom is 0.408 e. The molecule has 1 N–H and O–H groups in total. The molecule has 1 aliphatic rings. The average molecular weight is 461 g/mol. The number of nitrogens with one attached hydrogen (secondary N) is 1. The molecular formula is C24H32N2O7. The van der Waals surface area contributed by atoms with Gasteiger partial charge in [-0.2, -0.15) is 0 Å². The summed E-state index contributed by atoms with van der Waals surface area (Å²) in [5, 5.41) is 2.53. The van der Waals surface area contributed by atoms with Gasteiger partial charge in [0.25, 0.3) is 11.8 Å². The van der Waals surface area contributed by atoms with Crippen LogP contribution in [-0.2, 0) is 35.2 Å². The van der Waals surface area contributed by atoms with E-state index in [4.69, 9.17) is 14.2 Å². The summed E-state index contributed by atoms with van der Waals surface area (Å²) in [6, 6.07) is 8.07. The maximum atomic E-state index is 13.2. The number of hydrogen-bond acceptors (Lipinski definition) is 7. The van der Waals surface area contributed by atoms with Crippen molar-refractivity contribution in [3.8, 4) is 0 Å². The molecule has 0 aromatic heterocycles. The number of ether oxygens (including phenoxy) is 3. The highest BCUT2D eigenvalue weighted by Crippen LogP contribution is 2.25. The molecule has 9 heteroatoms. The van der Waals surface area contributed by atoms with Crippen molar-refractivity contribution in [1.29, 1.82) is 0 Å². The molecule has 33 heavy (non-hydrogen) atoms. The lowest BCUT2D eigenvalue weighted by molar-refractivity contribution is -0.144. The lowest BCUT2D eigenvalue weighted by Gasteiger charge is -2.27. The van der Waals surface area contributed by atoms with Crippen molar-refractivity contribution in [3.05, 3.63) is 47.2 Å². The van der Waals surface area contributed by atoms with Gasteiger partial charge in [0.2, 0.25) is 0 Å². The first-order valence-electron chi connectivity index (χ1n) is 10.9. The number of carbonyl (C=O) groups is 4. The minimum atomic E-state index is -1.04. The Bertz CT molecular complexity index is 916. The van der Waals surface area contributed by atoms with Gasteiger partial charge in [0.1, 0.15) is 23.8 Å². The summed E-state index contributed by atoms with van der Waals surface area (Å²) in [4.78, 5) is 52.0. The van der Waals surface area contributed by atoms with Crippen molar-refractivity contribution in [3.63, 3.8) is 0 Å².